The third-order valence-corrected chi connectivity index (χ3v) is 6.89. The van der Waals surface area contributed by atoms with Crippen molar-refractivity contribution in [1.82, 2.24) is 0 Å². The summed E-state index contributed by atoms with van der Waals surface area (Å²) in [6, 6.07) is 9.17. The average molecular weight is 539 g/mol. The summed E-state index contributed by atoms with van der Waals surface area (Å²) in [4.78, 5) is 15.2. The van der Waals surface area contributed by atoms with Crippen molar-refractivity contribution in [2.24, 2.45) is 0 Å². The van der Waals surface area contributed by atoms with Gasteiger partial charge >= 0.3 is 0 Å². The maximum absolute atomic E-state index is 13.1. The van der Waals surface area contributed by atoms with Crippen molar-refractivity contribution < 1.29 is 14.3 Å². The van der Waals surface area contributed by atoms with Gasteiger partial charge in [-0.2, -0.15) is 0 Å². The number of carbonyl (C=O) groups excluding carboxylic acids is 1. The Hall–Kier alpha value is -1.80. The molecule has 0 aromatic heterocycles. The first kappa shape index (κ1) is 23.9. The highest BCUT2D eigenvalue weighted by Crippen LogP contribution is 2.40. The van der Waals surface area contributed by atoms with Gasteiger partial charge in [0.15, 0.2) is 15.8 Å². The van der Waals surface area contributed by atoms with E-state index in [1.807, 2.05) is 38.1 Å². The van der Waals surface area contributed by atoms with Gasteiger partial charge in [0.25, 0.3) is 5.91 Å². The van der Waals surface area contributed by atoms with Crippen LogP contribution < -0.4 is 14.4 Å². The van der Waals surface area contributed by atoms with Gasteiger partial charge in [0.05, 0.1) is 28.8 Å². The van der Waals surface area contributed by atoms with Crippen LogP contribution in [0.4, 0.5) is 5.69 Å². The molecule has 162 valence electrons. The first-order chi connectivity index (χ1) is 14.9. The molecule has 3 rings (SSSR count). The van der Waals surface area contributed by atoms with E-state index in [2.05, 4.69) is 22.5 Å². The molecule has 1 saturated heterocycles. The number of thiocarbonyl (C=S) groups is 1. The van der Waals surface area contributed by atoms with E-state index in [1.165, 1.54) is 16.7 Å². The van der Waals surface area contributed by atoms with E-state index < -0.39 is 0 Å². The monoisotopic (exact) mass is 537 g/mol. The van der Waals surface area contributed by atoms with Crippen LogP contribution in [0, 0.1) is 0 Å². The highest BCUT2D eigenvalue weighted by atomic mass is 79.9. The lowest BCUT2D eigenvalue weighted by atomic mass is 10.0. The topological polar surface area (TPSA) is 38.8 Å². The molecule has 1 fully saturated rings. The summed E-state index contributed by atoms with van der Waals surface area (Å²) in [6.07, 6.45) is 4.26. The third-order valence-electron chi connectivity index (χ3n) is 4.36. The third kappa shape index (κ3) is 5.34. The zero-order valence-corrected chi connectivity index (χ0v) is 21.1. The Morgan fingerprint density at radius 2 is 1.97 bits per heavy atom. The summed E-state index contributed by atoms with van der Waals surface area (Å²) < 4.78 is 12.8. The fourth-order valence-electron chi connectivity index (χ4n) is 3.11. The molecule has 1 amide bonds. The number of hydrogen-bond acceptors (Lipinski definition) is 5. The first-order valence-corrected chi connectivity index (χ1v) is 12.1. The molecule has 2 aromatic carbocycles. The lowest BCUT2D eigenvalue weighted by Crippen LogP contribution is -2.27. The summed E-state index contributed by atoms with van der Waals surface area (Å²) in [5, 5.41) is 0.512. The standard InChI is InChI=1S/C23H21BrClNO3S2/c1-4-7-15-10-14(11-19(28-5-2)21(15)29-6-3)12-20-22(27)26(23(30)31-20)16-8-9-17(24)18(25)13-16/h4,8-13H,1,5-7H2,2-3H3/b20-12+. The number of carbonyl (C=O) groups is 1. The average Bonchev–Trinajstić information content (AvgIpc) is 3.00. The van der Waals surface area contributed by atoms with Crippen LogP contribution in [0.15, 0.2) is 52.4 Å². The summed E-state index contributed by atoms with van der Waals surface area (Å²) in [7, 11) is 0. The molecule has 8 heteroatoms. The molecule has 1 aliphatic rings. The molecule has 1 heterocycles. The van der Waals surface area contributed by atoms with E-state index in [4.69, 9.17) is 33.3 Å². The van der Waals surface area contributed by atoms with Crippen molar-refractivity contribution in [3.63, 3.8) is 0 Å². The number of halogens is 2. The molecule has 0 radical (unpaired) electrons. The van der Waals surface area contributed by atoms with Gasteiger partial charge in [-0.15, -0.1) is 6.58 Å². The van der Waals surface area contributed by atoms with Crippen LogP contribution in [0.2, 0.25) is 5.02 Å². The number of rotatable bonds is 8. The van der Waals surface area contributed by atoms with Gasteiger partial charge in [0, 0.05) is 10.0 Å². The smallest absolute Gasteiger partial charge is 0.270 e. The van der Waals surface area contributed by atoms with E-state index >= 15 is 0 Å². The van der Waals surface area contributed by atoms with Crippen LogP contribution in [0.5, 0.6) is 11.5 Å². The second kappa shape index (κ2) is 10.7. The van der Waals surface area contributed by atoms with Gasteiger partial charge in [0.2, 0.25) is 0 Å². The minimum absolute atomic E-state index is 0.189. The van der Waals surface area contributed by atoms with E-state index in [0.717, 1.165) is 15.6 Å². The van der Waals surface area contributed by atoms with Crippen LogP contribution in [-0.4, -0.2) is 23.4 Å². The largest absolute Gasteiger partial charge is 0.490 e. The molecular weight excluding hydrogens is 518 g/mol. The SMILES string of the molecule is C=CCc1cc(/C=C2/SC(=S)N(c3ccc(Br)c(Cl)c3)C2=O)cc(OCC)c1OCC. The lowest BCUT2D eigenvalue weighted by Gasteiger charge is -2.16. The number of amides is 1. The fourth-order valence-corrected chi connectivity index (χ4v) is 4.83. The molecule has 0 saturated carbocycles. The minimum Gasteiger partial charge on any atom is -0.490 e. The van der Waals surface area contributed by atoms with Crippen LogP contribution in [0.1, 0.15) is 25.0 Å². The predicted molar refractivity (Wildman–Crippen MR) is 137 cm³/mol. The second-order valence-corrected chi connectivity index (χ2v) is 9.42. The number of anilines is 1. The Balaban J connectivity index is 2.00. The number of ether oxygens (including phenoxy) is 2. The van der Waals surface area contributed by atoms with Crippen LogP contribution in [0.3, 0.4) is 0 Å². The number of hydrogen-bond donors (Lipinski definition) is 0. The van der Waals surface area contributed by atoms with Gasteiger partial charge in [-0.3, -0.25) is 9.69 Å². The Labute approximate surface area is 205 Å². The molecule has 0 N–H and O–H groups in total. The van der Waals surface area contributed by atoms with E-state index in [9.17, 15) is 4.79 Å². The molecule has 0 spiro atoms. The molecular formula is C23H21BrClNO3S2. The zero-order chi connectivity index (χ0) is 22.5. The van der Waals surface area contributed by atoms with E-state index in [1.54, 1.807) is 18.2 Å². The number of nitrogens with zero attached hydrogens (tertiary/aromatic N) is 1. The number of allylic oxidation sites excluding steroid dienone is 1. The van der Waals surface area contributed by atoms with E-state index in [0.29, 0.717) is 51.1 Å². The molecule has 1 aliphatic heterocycles. The lowest BCUT2D eigenvalue weighted by molar-refractivity contribution is -0.113. The van der Waals surface area contributed by atoms with Crippen molar-refractivity contribution >= 4 is 73.5 Å². The van der Waals surface area contributed by atoms with Gasteiger partial charge in [-0.05, 0) is 78.2 Å². The van der Waals surface area contributed by atoms with E-state index in [-0.39, 0.29) is 5.91 Å². The van der Waals surface area contributed by atoms with Crippen LogP contribution in [-0.2, 0) is 11.2 Å². The maximum atomic E-state index is 13.1. The molecule has 31 heavy (non-hydrogen) atoms. The predicted octanol–water partition coefficient (Wildman–Crippen LogP) is 7.03. The molecule has 0 aliphatic carbocycles. The highest BCUT2D eigenvalue weighted by molar-refractivity contribution is 9.10. The maximum Gasteiger partial charge on any atom is 0.270 e. The van der Waals surface area contributed by atoms with Crippen LogP contribution in [0.25, 0.3) is 6.08 Å². The number of benzene rings is 2. The quantitative estimate of drug-likeness (QED) is 0.205. The fraction of sp³-hybridized carbons (Fsp3) is 0.217. The van der Waals surface area contributed by atoms with Gasteiger partial charge in [-0.1, -0.05) is 41.7 Å². The Bertz CT molecular complexity index is 1070. The van der Waals surface area contributed by atoms with Gasteiger partial charge in [-0.25, -0.2) is 0 Å². The molecule has 0 unspecified atom stereocenters. The van der Waals surface area contributed by atoms with Crippen LogP contribution >= 0.6 is 51.5 Å². The first-order valence-electron chi connectivity index (χ1n) is 9.66. The molecule has 2 aromatic rings. The normalized spacial score (nSPS) is 15.0. The Morgan fingerprint density at radius 1 is 1.23 bits per heavy atom. The van der Waals surface area contributed by atoms with Crippen molar-refractivity contribution in [2.45, 2.75) is 20.3 Å². The van der Waals surface area contributed by atoms with Crippen molar-refractivity contribution in [3.05, 3.63) is 68.5 Å². The van der Waals surface area contributed by atoms with Gasteiger partial charge in [0.1, 0.15) is 0 Å². The van der Waals surface area contributed by atoms with Crippen molar-refractivity contribution in [3.8, 4) is 11.5 Å². The highest BCUT2D eigenvalue weighted by Gasteiger charge is 2.33. The Morgan fingerprint density at radius 3 is 2.61 bits per heavy atom. The summed E-state index contributed by atoms with van der Waals surface area (Å²) in [5.74, 6) is 1.16. The summed E-state index contributed by atoms with van der Waals surface area (Å²) in [5.41, 5.74) is 2.41. The van der Waals surface area contributed by atoms with Crippen molar-refractivity contribution in [2.75, 3.05) is 18.1 Å². The summed E-state index contributed by atoms with van der Waals surface area (Å²) in [6.45, 7) is 8.72. The zero-order valence-electron chi connectivity index (χ0n) is 17.1. The molecule has 0 atom stereocenters. The Kier molecular flexibility index (Phi) is 8.22. The molecule has 0 bridgehead atoms. The number of thioether (sulfide) groups is 1. The summed E-state index contributed by atoms with van der Waals surface area (Å²) >= 11 is 16.3. The van der Waals surface area contributed by atoms with Gasteiger partial charge < -0.3 is 9.47 Å². The van der Waals surface area contributed by atoms with Crippen molar-refractivity contribution in [1.29, 1.82) is 0 Å². The minimum atomic E-state index is -0.189. The molecule has 4 nitrogen and oxygen atoms in total. The second-order valence-electron chi connectivity index (χ2n) is 6.48.